The predicted molar refractivity (Wildman–Crippen MR) is 107 cm³/mol. The van der Waals surface area contributed by atoms with Crippen molar-refractivity contribution in [2.75, 3.05) is 31.1 Å². The van der Waals surface area contributed by atoms with Gasteiger partial charge in [-0.3, -0.25) is 19.5 Å². The zero-order valence-electron chi connectivity index (χ0n) is 15.8. The largest absolute Gasteiger partial charge is 0.369 e. The fourth-order valence-electron chi connectivity index (χ4n) is 4.35. The van der Waals surface area contributed by atoms with Crippen molar-refractivity contribution in [2.45, 2.75) is 18.9 Å². The second kappa shape index (κ2) is 6.15. The number of pyridine rings is 1. The number of hydrogen-bond donors (Lipinski definition) is 0. The maximum Gasteiger partial charge on any atom is 0.232 e. The summed E-state index contributed by atoms with van der Waals surface area (Å²) in [4.78, 5) is 43.7. The van der Waals surface area contributed by atoms with E-state index < -0.39 is 0 Å². The Balaban J connectivity index is 1.37. The molecule has 7 heteroatoms. The Morgan fingerprint density at radius 1 is 0.828 bits per heavy atom. The van der Waals surface area contributed by atoms with Gasteiger partial charge in [-0.2, -0.15) is 0 Å². The number of ketones is 2. The van der Waals surface area contributed by atoms with Crippen LogP contribution in [0.3, 0.4) is 0 Å². The van der Waals surface area contributed by atoms with Crippen molar-refractivity contribution in [3.05, 3.63) is 59.2 Å². The molecule has 2 fully saturated rings. The minimum absolute atomic E-state index is 0.101. The molecule has 0 radical (unpaired) electrons. The van der Waals surface area contributed by atoms with Gasteiger partial charge in [-0.25, -0.2) is 9.97 Å². The van der Waals surface area contributed by atoms with Gasteiger partial charge < -0.3 is 4.90 Å². The smallest absolute Gasteiger partial charge is 0.232 e. The van der Waals surface area contributed by atoms with Crippen molar-refractivity contribution >= 4 is 28.3 Å². The van der Waals surface area contributed by atoms with E-state index in [1.54, 1.807) is 12.1 Å². The molecule has 3 aliphatic rings. The zero-order valence-corrected chi connectivity index (χ0v) is 15.8. The summed E-state index contributed by atoms with van der Waals surface area (Å²) in [6.07, 6.45) is 4.19. The molecule has 0 N–H and O–H groups in total. The van der Waals surface area contributed by atoms with E-state index in [1.165, 1.54) is 19.0 Å². The summed E-state index contributed by atoms with van der Waals surface area (Å²) in [7, 11) is 0. The molecule has 1 saturated carbocycles. The number of nitrogens with zero attached hydrogens (tertiary/aromatic N) is 5. The topological polar surface area (TPSA) is 79.3 Å². The van der Waals surface area contributed by atoms with Crippen LogP contribution in [0.2, 0.25) is 0 Å². The lowest BCUT2D eigenvalue weighted by Crippen LogP contribution is -2.47. The molecule has 2 aromatic heterocycles. The highest BCUT2D eigenvalue weighted by Gasteiger charge is 2.34. The summed E-state index contributed by atoms with van der Waals surface area (Å²) >= 11 is 0. The van der Waals surface area contributed by atoms with Crippen LogP contribution in [0.5, 0.6) is 0 Å². The molecule has 144 valence electrons. The van der Waals surface area contributed by atoms with E-state index in [4.69, 9.17) is 0 Å². The van der Waals surface area contributed by atoms with E-state index in [0.717, 1.165) is 37.9 Å². The first-order valence-electron chi connectivity index (χ1n) is 10.0. The summed E-state index contributed by atoms with van der Waals surface area (Å²) in [6.45, 7) is 4.12. The monoisotopic (exact) mass is 385 g/mol. The summed E-state index contributed by atoms with van der Waals surface area (Å²) < 4.78 is 0. The van der Waals surface area contributed by atoms with Crippen molar-refractivity contribution in [2.24, 2.45) is 0 Å². The predicted octanol–water partition coefficient (Wildman–Crippen LogP) is 2.08. The van der Waals surface area contributed by atoms with Crippen LogP contribution in [0, 0.1) is 0 Å². The molecular formula is C22H19N5O2. The molecule has 2 aliphatic carbocycles. The molecule has 6 rings (SSSR count). The maximum atomic E-state index is 12.9. The third-order valence-corrected chi connectivity index (χ3v) is 6.09. The number of aromatic nitrogens is 3. The van der Waals surface area contributed by atoms with Gasteiger partial charge in [0.05, 0.1) is 16.6 Å². The maximum absolute atomic E-state index is 12.9. The Labute approximate surface area is 167 Å². The standard InChI is InChI=1S/C22H19N5O2/c28-21-15-2-1-7-23-18(15)22(29)20-19(21)24-16-6-5-14(12-17(16)25-20)27-10-8-26(9-11-27)13-3-4-13/h1-2,5-7,12-13H,3-4,8-11H2. The van der Waals surface area contributed by atoms with Gasteiger partial charge in [0.15, 0.2) is 0 Å². The van der Waals surface area contributed by atoms with Crippen molar-refractivity contribution in [1.82, 2.24) is 19.9 Å². The molecule has 1 aromatic carbocycles. The highest BCUT2D eigenvalue weighted by molar-refractivity contribution is 6.26. The van der Waals surface area contributed by atoms with Gasteiger partial charge in [-0.05, 0) is 43.2 Å². The fraction of sp³-hybridized carbons (Fsp3) is 0.318. The minimum atomic E-state index is -0.340. The van der Waals surface area contributed by atoms with E-state index in [1.807, 2.05) is 18.2 Å². The first-order chi connectivity index (χ1) is 14.2. The molecular weight excluding hydrogens is 366 g/mol. The van der Waals surface area contributed by atoms with Crippen LogP contribution in [0.15, 0.2) is 36.5 Å². The normalized spacial score (nSPS) is 19.4. The molecule has 7 nitrogen and oxygen atoms in total. The third kappa shape index (κ3) is 2.65. The summed E-state index contributed by atoms with van der Waals surface area (Å²) in [5, 5.41) is 0. The zero-order chi connectivity index (χ0) is 19.5. The van der Waals surface area contributed by atoms with E-state index in [9.17, 15) is 9.59 Å². The minimum Gasteiger partial charge on any atom is -0.369 e. The molecule has 1 saturated heterocycles. The Kier molecular flexibility index (Phi) is 3.55. The van der Waals surface area contributed by atoms with Gasteiger partial charge in [-0.15, -0.1) is 0 Å². The average molecular weight is 385 g/mol. The van der Waals surface area contributed by atoms with Gasteiger partial charge in [-0.1, -0.05) is 0 Å². The summed E-state index contributed by atoms with van der Waals surface area (Å²) in [6, 6.07) is 9.95. The molecule has 0 atom stereocenters. The number of hydrogen-bond acceptors (Lipinski definition) is 7. The third-order valence-electron chi connectivity index (χ3n) is 6.09. The Hall–Kier alpha value is -3.19. The molecule has 3 heterocycles. The van der Waals surface area contributed by atoms with Crippen molar-refractivity contribution < 1.29 is 9.59 Å². The van der Waals surface area contributed by atoms with Gasteiger partial charge in [0, 0.05) is 44.1 Å². The molecule has 0 amide bonds. The highest BCUT2D eigenvalue weighted by Crippen LogP contribution is 2.30. The van der Waals surface area contributed by atoms with Crippen LogP contribution in [0.4, 0.5) is 5.69 Å². The van der Waals surface area contributed by atoms with E-state index in [-0.39, 0.29) is 28.6 Å². The van der Waals surface area contributed by atoms with Crippen molar-refractivity contribution in [3.8, 4) is 0 Å². The molecule has 0 spiro atoms. The summed E-state index contributed by atoms with van der Waals surface area (Å²) in [5.74, 6) is -0.634. The fourth-order valence-corrected chi connectivity index (χ4v) is 4.35. The molecule has 0 unspecified atom stereocenters. The van der Waals surface area contributed by atoms with E-state index in [0.29, 0.717) is 16.6 Å². The molecule has 1 aliphatic heterocycles. The highest BCUT2D eigenvalue weighted by atomic mass is 16.1. The van der Waals surface area contributed by atoms with Crippen LogP contribution < -0.4 is 4.90 Å². The van der Waals surface area contributed by atoms with Crippen LogP contribution in [0.25, 0.3) is 11.0 Å². The molecule has 0 bridgehead atoms. The van der Waals surface area contributed by atoms with Crippen LogP contribution >= 0.6 is 0 Å². The van der Waals surface area contributed by atoms with Gasteiger partial charge in [0.2, 0.25) is 11.6 Å². The number of carbonyl (C=O) groups is 2. The number of carbonyl (C=O) groups excluding carboxylic acids is 2. The van der Waals surface area contributed by atoms with Gasteiger partial charge in [0.1, 0.15) is 17.1 Å². The molecule has 3 aromatic rings. The number of rotatable bonds is 2. The summed E-state index contributed by atoms with van der Waals surface area (Å²) in [5.41, 5.74) is 3.01. The van der Waals surface area contributed by atoms with Crippen LogP contribution in [-0.4, -0.2) is 63.6 Å². The van der Waals surface area contributed by atoms with Crippen molar-refractivity contribution in [1.29, 1.82) is 0 Å². The quantitative estimate of drug-likeness (QED) is 0.523. The number of piperazine rings is 1. The Morgan fingerprint density at radius 3 is 2.38 bits per heavy atom. The van der Waals surface area contributed by atoms with Crippen LogP contribution in [-0.2, 0) is 0 Å². The number of anilines is 1. The van der Waals surface area contributed by atoms with Gasteiger partial charge in [0.25, 0.3) is 0 Å². The molecule has 29 heavy (non-hydrogen) atoms. The second-order valence-corrected chi connectivity index (χ2v) is 7.91. The van der Waals surface area contributed by atoms with E-state index in [2.05, 4.69) is 24.8 Å². The Morgan fingerprint density at radius 2 is 1.59 bits per heavy atom. The van der Waals surface area contributed by atoms with Crippen molar-refractivity contribution in [3.63, 3.8) is 0 Å². The number of fused-ring (bicyclic) bond motifs is 3. The average Bonchev–Trinajstić information content (AvgIpc) is 3.62. The lowest BCUT2D eigenvalue weighted by atomic mass is 9.93. The SMILES string of the molecule is O=C1c2cccnc2C(=O)c2nc3cc(N4CCN(C5CC5)CC4)ccc3nc21. The number of benzene rings is 1. The second-order valence-electron chi connectivity index (χ2n) is 7.91. The Bertz CT molecular complexity index is 1180. The first-order valence-corrected chi connectivity index (χ1v) is 10.0. The van der Waals surface area contributed by atoms with Crippen LogP contribution in [0.1, 0.15) is 45.1 Å². The lowest BCUT2D eigenvalue weighted by Gasteiger charge is -2.36. The first kappa shape index (κ1) is 16.7. The van der Waals surface area contributed by atoms with Gasteiger partial charge >= 0.3 is 0 Å². The lowest BCUT2D eigenvalue weighted by molar-refractivity contribution is 0.0968. The van der Waals surface area contributed by atoms with E-state index >= 15 is 0 Å².